The summed E-state index contributed by atoms with van der Waals surface area (Å²) in [4.78, 5) is 55.0. The third kappa shape index (κ3) is 48.0. The molecule has 0 bridgehead atoms. The maximum absolute atomic E-state index is 14.0. The van der Waals surface area contributed by atoms with Crippen LogP contribution in [0.5, 0.6) is 0 Å². The lowest BCUT2D eigenvalue weighted by Gasteiger charge is -2.44. The Morgan fingerprint density at radius 2 is 0.488 bits per heavy atom. The van der Waals surface area contributed by atoms with Gasteiger partial charge in [-0.2, -0.15) is 0 Å². The Hall–Kier alpha value is -2.20. The summed E-state index contributed by atoms with van der Waals surface area (Å²) in [5.41, 5.74) is 0. The van der Waals surface area contributed by atoms with Crippen LogP contribution < -0.4 is 0 Å². The first kappa shape index (κ1) is 77.8. The van der Waals surface area contributed by atoms with Crippen LogP contribution in [0.1, 0.15) is 394 Å². The molecule has 0 aromatic heterocycles. The van der Waals surface area contributed by atoms with Gasteiger partial charge >= 0.3 is 23.9 Å². The summed E-state index contributed by atoms with van der Waals surface area (Å²) in [6.07, 6.45) is 57.7. The highest BCUT2D eigenvalue weighted by Gasteiger charge is 2.53. The van der Waals surface area contributed by atoms with Crippen LogP contribution >= 0.6 is 0 Å². The second-order valence-electron chi connectivity index (χ2n) is 25.0. The Morgan fingerprint density at radius 3 is 0.744 bits per heavy atom. The molecule has 1 aliphatic heterocycles. The number of rotatable bonds is 63. The SMILES string of the molecule is CCCCCCCCCCCCCCCC(=O)OC[C@H]1OC(OCC)[C@H](OC(=O)CCCCCCCCCCCCCCC)[C@@H](OC(=O)CCCCCCCCCCCCCCC)[C@@H]1OC(=O)CCCCCCCCCCCCCCC. The zero-order valence-corrected chi connectivity index (χ0v) is 55.0. The molecule has 1 saturated heterocycles. The summed E-state index contributed by atoms with van der Waals surface area (Å²) in [6, 6.07) is 0. The molecule has 1 rings (SSSR count). The van der Waals surface area contributed by atoms with Crippen LogP contribution in [0.3, 0.4) is 0 Å². The van der Waals surface area contributed by atoms with E-state index in [0.29, 0.717) is 19.3 Å². The average molecular weight is 1160 g/mol. The molecular weight excluding hydrogens is 1020 g/mol. The van der Waals surface area contributed by atoms with Crippen LogP contribution in [0.15, 0.2) is 0 Å². The smallest absolute Gasteiger partial charge is 0.306 e. The minimum Gasteiger partial charge on any atom is -0.463 e. The van der Waals surface area contributed by atoms with E-state index in [1.54, 1.807) is 0 Å². The molecule has 0 aliphatic carbocycles. The molecule has 0 amide bonds. The Morgan fingerprint density at radius 1 is 0.268 bits per heavy atom. The second kappa shape index (κ2) is 60.5. The number of unbranched alkanes of at least 4 members (excludes halogenated alkanes) is 48. The number of esters is 4. The number of carbonyl (C=O) groups is 4. The topological polar surface area (TPSA) is 124 Å². The first-order valence-corrected chi connectivity index (χ1v) is 36.3. The summed E-state index contributed by atoms with van der Waals surface area (Å²) in [7, 11) is 0. The van der Waals surface area contributed by atoms with Gasteiger partial charge in [-0.05, 0) is 32.6 Å². The molecule has 10 nitrogen and oxygen atoms in total. The van der Waals surface area contributed by atoms with Gasteiger partial charge in [0, 0.05) is 32.3 Å². The third-order valence-electron chi connectivity index (χ3n) is 17.1. The molecule has 0 saturated carbocycles. The van der Waals surface area contributed by atoms with Crippen molar-refractivity contribution < 1.29 is 47.6 Å². The minimum absolute atomic E-state index is 0.187. The normalized spacial score (nSPS) is 17.1. The van der Waals surface area contributed by atoms with Crippen molar-refractivity contribution in [1.82, 2.24) is 0 Å². The molecule has 0 N–H and O–H groups in total. The van der Waals surface area contributed by atoms with E-state index in [2.05, 4.69) is 27.7 Å². The molecular formula is C72H136O10. The molecule has 1 unspecified atom stereocenters. The molecule has 1 heterocycles. The van der Waals surface area contributed by atoms with E-state index in [1.807, 2.05) is 6.92 Å². The van der Waals surface area contributed by atoms with Gasteiger partial charge in [0.1, 0.15) is 12.7 Å². The summed E-state index contributed by atoms with van der Waals surface area (Å²) in [5, 5.41) is 0. The monoisotopic (exact) mass is 1160 g/mol. The maximum atomic E-state index is 14.0. The lowest BCUT2D eigenvalue weighted by molar-refractivity contribution is -0.308. The first-order chi connectivity index (χ1) is 40.3. The number of hydrogen-bond donors (Lipinski definition) is 0. The minimum atomic E-state index is -1.21. The third-order valence-corrected chi connectivity index (χ3v) is 17.1. The van der Waals surface area contributed by atoms with Crippen molar-refractivity contribution in [2.24, 2.45) is 0 Å². The van der Waals surface area contributed by atoms with E-state index in [9.17, 15) is 19.2 Å². The van der Waals surface area contributed by atoms with Crippen LogP contribution in [0, 0.1) is 0 Å². The van der Waals surface area contributed by atoms with Gasteiger partial charge in [0.15, 0.2) is 24.6 Å². The lowest BCUT2D eigenvalue weighted by Crippen LogP contribution is -2.63. The highest BCUT2D eigenvalue weighted by Crippen LogP contribution is 2.32. The van der Waals surface area contributed by atoms with Crippen LogP contribution in [-0.4, -0.2) is 67.8 Å². The lowest BCUT2D eigenvalue weighted by atomic mass is 9.97. The number of hydrogen-bond acceptors (Lipinski definition) is 10. The standard InChI is InChI=1S/C72H136O10/c1-6-11-15-19-23-27-31-35-39-43-47-51-55-59-65(73)78-63-64-69(80-66(74)60-56-52-48-44-40-36-32-28-24-20-16-12-7-2)70(81-67(75)61-57-53-49-45-41-37-33-29-25-21-17-13-8-3)71(72(79-64)77-10-5)82-68(76)62-58-54-50-46-42-38-34-30-26-22-18-14-9-4/h64,69-72H,6-63H2,1-5H3/t64-,69-,70+,71-,72?/m1/s1. The van der Waals surface area contributed by atoms with Gasteiger partial charge in [-0.25, -0.2) is 0 Å². The van der Waals surface area contributed by atoms with Crippen molar-refractivity contribution >= 4 is 23.9 Å². The van der Waals surface area contributed by atoms with Gasteiger partial charge in [0.25, 0.3) is 0 Å². The molecule has 1 fully saturated rings. The van der Waals surface area contributed by atoms with Crippen LogP contribution in [-0.2, 0) is 47.6 Å². The molecule has 82 heavy (non-hydrogen) atoms. The zero-order chi connectivity index (χ0) is 59.5. The molecule has 0 aromatic rings. The molecule has 0 aromatic carbocycles. The van der Waals surface area contributed by atoms with Crippen LogP contribution in [0.25, 0.3) is 0 Å². The van der Waals surface area contributed by atoms with Gasteiger partial charge in [0.05, 0.1) is 0 Å². The van der Waals surface area contributed by atoms with Crippen molar-refractivity contribution in [2.75, 3.05) is 13.2 Å². The highest BCUT2D eigenvalue weighted by atomic mass is 16.7. The Bertz CT molecular complexity index is 1410. The summed E-state index contributed by atoms with van der Waals surface area (Å²) in [5.74, 6) is -1.67. The van der Waals surface area contributed by atoms with Gasteiger partial charge in [-0.1, -0.05) is 336 Å². The summed E-state index contributed by atoms with van der Waals surface area (Å²) in [6.45, 7) is 10.9. The summed E-state index contributed by atoms with van der Waals surface area (Å²) < 4.78 is 37.4. The fraction of sp³-hybridized carbons (Fsp3) is 0.944. The van der Waals surface area contributed by atoms with E-state index in [0.717, 1.165) is 77.0 Å². The Kier molecular flexibility index (Phi) is 57.4. The van der Waals surface area contributed by atoms with Crippen molar-refractivity contribution in [3.8, 4) is 0 Å². The molecule has 1 aliphatic rings. The van der Waals surface area contributed by atoms with Gasteiger partial charge < -0.3 is 28.4 Å². The maximum Gasteiger partial charge on any atom is 0.306 e. The second-order valence-corrected chi connectivity index (χ2v) is 25.0. The van der Waals surface area contributed by atoms with Crippen molar-refractivity contribution in [1.29, 1.82) is 0 Å². The van der Waals surface area contributed by atoms with Crippen molar-refractivity contribution in [2.45, 2.75) is 425 Å². The molecule has 0 radical (unpaired) electrons. The highest BCUT2D eigenvalue weighted by molar-refractivity contribution is 5.72. The summed E-state index contributed by atoms with van der Waals surface area (Å²) >= 11 is 0. The predicted molar refractivity (Wildman–Crippen MR) is 342 cm³/mol. The number of carbonyl (C=O) groups excluding carboxylic acids is 4. The number of ether oxygens (including phenoxy) is 6. The van der Waals surface area contributed by atoms with E-state index in [1.165, 1.54) is 238 Å². The largest absolute Gasteiger partial charge is 0.463 e. The van der Waals surface area contributed by atoms with E-state index < -0.39 is 48.6 Å². The van der Waals surface area contributed by atoms with E-state index in [-0.39, 0.29) is 44.9 Å². The van der Waals surface area contributed by atoms with Gasteiger partial charge in [0.2, 0.25) is 0 Å². The Balaban J connectivity index is 3.06. The Labute approximate surface area is 507 Å². The molecule has 484 valence electrons. The van der Waals surface area contributed by atoms with Crippen molar-refractivity contribution in [3.63, 3.8) is 0 Å². The molecule has 5 atom stereocenters. The van der Waals surface area contributed by atoms with Crippen LogP contribution in [0.2, 0.25) is 0 Å². The predicted octanol–water partition coefficient (Wildman–Crippen LogP) is 22.0. The van der Waals surface area contributed by atoms with Crippen molar-refractivity contribution in [3.05, 3.63) is 0 Å². The van der Waals surface area contributed by atoms with Gasteiger partial charge in [-0.15, -0.1) is 0 Å². The molecule has 0 spiro atoms. The zero-order valence-electron chi connectivity index (χ0n) is 55.0. The quantitative estimate of drug-likeness (QED) is 0.0330. The van der Waals surface area contributed by atoms with Crippen LogP contribution in [0.4, 0.5) is 0 Å². The first-order valence-electron chi connectivity index (χ1n) is 36.3. The van der Waals surface area contributed by atoms with E-state index >= 15 is 0 Å². The fourth-order valence-corrected chi connectivity index (χ4v) is 11.7. The van der Waals surface area contributed by atoms with E-state index in [4.69, 9.17) is 28.4 Å². The van der Waals surface area contributed by atoms with Gasteiger partial charge in [-0.3, -0.25) is 19.2 Å². The molecule has 10 heteroatoms. The fourth-order valence-electron chi connectivity index (χ4n) is 11.7. The average Bonchev–Trinajstić information content (AvgIpc) is 3.67.